The zero-order valence-electron chi connectivity index (χ0n) is 9.64. The number of aromatic nitrogens is 3. The second-order valence-corrected chi connectivity index (χ2v) is 4.70. The number of nitrogens with zero attached hydrogens (tertiary/aromatic N) is 3. The standard InChI is InChI=1S/C12H12N4S/c1-13-11-6-17-12(15-11)8-3-4-10-9(5-8)14-7-16(10)2/h3-7,13H,1-2H3. The Morgan fingerprint density at radius 2 is 2.24 bits per heavy atom. The summed E-state index contributed by atoms with van der Waals surface area (Å²) in [4.78, 5) is 8.84. The largest absolute Gasteiger partial charge is 0.372 e. The molecule has 1 N–H and O–H groups in total. The lowest BCUT2D eigenvalue weighted by Gasteiger charge is -1.98. The molecule has 1 aromatic carbocycles. The second kappa shape index (κ2) is 3.85. The molecular formula is C12H12N4S. The van der Waals surface area contributed by atoms with Gasteiger partial charge in [-0.3, -0.25) is 0 Å². The van der Waals surface area contributed by atoms with Crippen LogP contribution in [0, 0.1) is 0 Å². The van der Waals surface area contributed by atoms with Crippen LogP contribution in [0.2, 0.25) is 0 Å². The average molecular weight is 244 g/mol. The first-order chi connectivity index (χ1) is 8.28. The highest BCUT2D eigenvalue weighted by molar-refractivity contribution is 7.13. The van der Waals surface area contributed by atoms with E-state index in [-0.39, 0.29) is 0 Å². The highest BCUT2D eigenvalue weighted by Gasteiger charge is 2.06. The molecule has 0 unspecified atom stereocenters. The third-order valence-corrected chi connectivity index (χ3v) is 3.62. The fourth-order valence-corrected chi connectivity index (χ4v) is 2.60. The van der Waals surface area contributed by atoms with E-state index in [9.17, 15) is 0 Å². The van der Waals surface area contributed by atoms with Crippen LogP contribution < -0.4 is 5.32 Å². The van der Waals surface area contributed by atoms with Gasteiger partial charge in [-0.15, -0.1) is 11.3 Å². The lowest BCUT2D eigenvalue weighted by molar-refractivity contribution is 0.948. The first kappa shape index (κ1) is 10.3. The molecule has 0 spiro atoms. The number of anilines is 1. The maximum absolute atomic E-state index is 4.49. The van der Waals surface area contributed by atoms with Gasteiger partial charge in [0.15, 0.2) is 0 Å². The van der Waals surface area contributed by atoms with Gasteiger partial charge in [-0.25, -0.2) is 9.97 Å². The Labute approximate surface area is 103 Å². The molecule has 0 radical (unpaired) electrons. The quantitative estimate of drug-likeness (QED) is 0.753. The Bertz CT molecular complexity index is 668. The molecule has 0 fully saturated rings. The number of benzene rings is 1. The number of fused-ring (bicyclic) bond motifs is 1. The van der Waals surface area contributed by atoms with Gasteiger partial charge < -0.3 is 9.88 Å². The maximum atomic E-state index is 4.49. The van der Waals surface area contributed by atoms with Gasteiger partial charge in [0.1, 0.15) is 10.8 Å². The molecule has 4 nitrogen and oxygen atoms in total. The van der Waals surface area contributed by atoms with Crippen LogP contribution in [0.4, 0.5) is 5.82 Å². The Kier molecular flexibility index (Phi) is 2.33. The van der Waals surface area contributed by atoms with Crippen LogP contribution in [0.3, 0.4) is 0 Å². The molecule has 5 heteroatoms. The summed E-state index contributed by atoms with van der Waals surface area (Å²) in [7, 11) is 3.87. The summed E-state index contributed by atoms with van der Waals surface area (Å²) in [6.07, 6.45) is 1.83. The number of nitrogens with one attached hydrogen (secondary N) is 1. The predicted octanol–water partition coefficient (Wildman–Crippen LogP) is 2.74. The third-order valence-electron chi connectivity index (χ3n) is 2.73. The summed E-state index contributed by atoms with van der Waals surface area (Å²) in [5, 5.41) is 6.07. The van der Waals surface area contributed by atoms with Gasteiger partial charge in [0, 0.05) is 25.0 Å². The van der Waals surface area contributed by atoms with Crippen LogP contribution in [-0.2, 0) is 7.05 Å². The van der Waals surface area contributed by atoms with Crippen molar-refractivity contribution >= 4 is 28.2 Å². The summed E-state index contributed by atoms with van der Waals surface area (Å²) in [6, 6.07) is 6.24. The highest BCUT2D eigenvalue weighted by Crippen LogP contribution is 2.27. The highest BCUT2D eigenvalue weighted by atomic mass is 32.1. The zero-order valence-corrected chi connectivity index (χ0v) is 10.5. The number of hydrogen-bond donors (Lipinski definition) is 1. The van der Waals surface area contributed by atoms with Gasteiger partial charge >= 0.3 is 0 Å². The van der Waals surface area contributed by atoms with E-state index in [1.807, 2.05) is 30.4 Å². The van der Waals surface area contributed by atoms with E-state index in [0.717, 1.165) is 27.4 Å². The Hall–Kier alpha value is -1.88. The van der Waals surface area contributed by atoms with Gasteiger partial charge in [0.05, 0.1) is 17.4 Å². The number of rotatable bonds is 2. The Morgan fingerprint density at radius 1 is 1.35 bits per heavy atom. The number of thiazole rings is 1. The molecule has 17 heavy (non-hydrogen) atoms. The lowest BCUT2D eigenvalue weighted by atomic mass is 10.2. The monoisotopic (exact) mass is 244 g/mol. The molecule has 0 saturated heterocycles. The van der Waals surface area contributed by atoms with Crippen molar-refractivity contribution in [3.05, 3.63) is 29.9 Å². The minimum absolute atomic E-state index is 0.908. The second-order valence-electron chi connectivity index (χ2n) is 3.85. The lowest BCUT2D eigenvalue weighted by Crippen LogP contribution is -1.87. The van der Waals surface area contributed by atoms with Crippen LogP contribution in [-0.4, -0.2) is 21.6 Å². The molecule has 86 valence electrons. The van der Waals surface area contributed by atoms with E-state index < -0.39 is 0 Å². The number of hydrogen-bond acceptors (Lipinski definition) is 4. The molecular weight excluding hydrogens is 232 g/mol. The predicted molar refractivity (Wildman–Crippen MR) is 71.4 cm³/mol. The maximum Gasteiger partial charge on any atom is 0.137 e. The molecule has 2 aromatic heterocycles. The van der Waals surface area contributed by atoms with Crippen molar-refractivity contribution in [2.75, 3.05) is 12.4 Å². The van der Waals surface area contributed by atoms with Crippen molar-refractivity contribution in [1.29, 1.82) is 0 Å². The SMILES string of the molecule is CNc1csc(-c2ccc3c(c2)ncn3C)n1. The molecule has 3 aromatic rings. The fourth-order valence-electron chi connectivity index (χ4n) is 1.79. The number of imidazole rings is 1. The average Bonchev–Trinajstić information content (AvgIpc) is 2.96. The van der Waals surface area contributed by atoms with E-state index in [1.54, 1.807) is 11.3 Å². The molecule has 2 heterocycles. The normalized spacial score (nSPS) is 10.9. The fraction of sp³-hybridized carbons (Fsp3) is 0.167. The molecule has 0 aliphatic rings. The number of aryl methyl sites for hydroxylation is 1. The minimum Gasteiger partial charge on any atom is -0.372 e. The molecule has 0 saturated carbocycles. The summed E-state index contributed by atoms with van der Waals surface area (Å²) >= 11 is 1.63. The van der Waals surface area contributed by atoms with Gasteiger partial charge in [0.25, 0.3) is 0 Å². The van der Waals surface area contributed by atoms with Gasteiger partial charge in [-0.2, -0.15) is 0 Å². The minimum atomic E-state index is 0.908. The van der Waals surface area contributed by atoms with Crippen molar-refractivity contribution in [3.63, 3.8) is 0 Å². The van der Waals surface area contributed by atoms with Crippen molar-refractivity contribution in [2.24, 2.45) is 7.05 Å². The van der Waals surface area contributed by atoms with Crippen LogP contribution in [0.15, 0.2) is 29.9 Å². The summed E-state index contributed by atoms with van der Waals surface area (Å²) in [6.45, 7) is 0. The molecule has 0 atom stereocenters. The van der Waals surface area contributed by atoms with Crippen molar-refractivity contribution in [1.82, 2.24) is 14.5 Å². The molecule has 3 rings (SSSR count). The van der Waals surface area contributed by atoms with Crippen molar-refractivity contribution in [3.8, 4) is 10.6 Å². The summed E-state index contributed by atoms with van der Waals surface area (Å²) in [5.41, 5.74) is 3.26. The van der Waals surface area contributed by atoms with Crippen molar-refractivity contribution < 1.29 is 0 Å². The molecule has 0 aliphatic heterocycles. The summed E-state index contributed by atoms with van der Waals surface area (Å²) < 4.78 is 2.01. The first-order valence-electron chi connectivity index (χ1n) is 5.32. The van der Waals surface area contributed by atoms with Crippen LogP contribution in [0.5, 0.6) is 0 Å². The van der Waals surface area contributed by atoms with Crippen molar-refractivity contribution in [2.45, 2.75) is 0 Å². The topological polar surface area (TPSA) is 42.7 Å². The van der Waals surface area contributed by atoms with E-state index in [0.29, 0.717) is 0 Å². The van der Waals surface area contributed by atoms with Crippen LogP contribution >= 0.6 is 11.3 Å². The third kappa shape index (κ3) is 1.68. The molecule has 0 aliphatic carbocycles. The molecule has 0 bridgehead atoms. The van der Waals surface area contributed by atoms with E-state index >= 15 is 0 Å². The Morgan fingerprint density at radius 3 is 3.00 bits per heavy atom. The first-order valence-corrected chi connectivity index (χ1v) is 6.20. The van der Waals surface area contributed by atoms with Gasteiger partial charge in [-0.1, -0.05) is 0 Å². The molecule has 0 amide bonds. The van der Waals surface area contributed by atoms with E-state index in [1.165, 1.54) is 0 Å². The van der Waals surface area contributed by atoms with E-state index in [4.69, 9.17) is 0 Å². The Balaban J connectivity index is 2.11. The van der Waals surface area contributed by atoms with Gasteiger partial charge in [0.2, 0.25) is 0 Å². The van der Waals surface area contributed by atoms with E-state index in [2.05, 4.69) is 33.5 Å². The van der Waals surface area contributed by atoms with Crippen LogP contribution in [0.1, 0.15) is 0 Å². The summed E-state index contributed by atoms with van der Waals surface area (Å²) in [5.74, 6) is 0.908. The zero-order chi connectivity index (χ0) is 11.8. The smallest absolute Gasteiger partial charge is 0.137 e. The van der Waals surface area contributed by atoms with Crippen LogP contribution in [0.25, 0.3) is 21.6 Å². The van der Waals surface area contributed by atoms with Gasteiger partial charge in [-0.05, 0) is 18.2 Å².